The number of aromatic nitrogens is 2. The van der Waals surface area contributed by atoms with Crippen LogP contribution < -0.4 is 5.32 Å². The van der Waals surface area contributed by atoms with Crippen LogP contribution in [0.5, 0.6) is 0 Å². The Morgan fingerprint density at radius 1 is 1.25 bits per heavy atom. The normalized spacial score (nSPS) is 23.7. The molecule has 2 fully saturated rings. The molecule has 2 heterocycles. The lowest BCUT2D eigenvalue weighted by molar-refractivity contribution is -0.149. The van der Waals surface area contributed by atoms with Gasteiger partial charge in [-0.2, -0.15) is 5.10 Å². The highest BCUT2D eigenvalue weighted by molar-refractivity contribution is 5.90. The van der Waals surface area contributed by atoms with Gasteiger partial charge in [-0.3, -0.25) is 14.8 Å². The van der Waals surface area contributed by atoms with E-state index in [1.165, 1.54) is 15.6 Å². The van der Waals surface area contributed by atoms with Crippen LogP contribution in [-0.2, 0) is 11.8 Å². The lowest BCUT2D eigenvalue weighted by atomic mass is 9.81. The van der Waals surface area contributed by atoms with Crippen LogP contribution in [0.1, 0.15) is 19.3 Å². The number of anilines is 1. The van der Waals surface area contributed by atoms with E-state index in [0.717, 1.165) is 31.0 Å². The largest absolute Gasteiger partial charge is 0.481 e. The van der Waals surface area contributed by atoms with Gasteiger partial charge in [-0.1, -0.05) is 6.42 Å². The molecule has 0 unspecified atom stereocenters. The van der Waals surface area contributed by atoms with E-state index in [4.69, 9.17) is 0 Å². The molecule has 2 N–H and O–H groups in total. The van der Waals surface area contributed by atoms with Gasteiger partial charge in [0.15, 0.2) is 0 Å². The number of likely N-dealkylation sites (tertiary alicyclic amines) is 1. The third-order valence-corrected chi connectivity index (χ3v) is 5.86. The third kappa shape index (κ3) is 3.00. The number of carboxylic acids is 1. The number of hydrogen-bond acceptors (Lipinski definition) is 3. The van der Waals surface area contributed by atoms with Gasteiger partial charge in [0.05, 0.1) is 11.1 Å². The van der Waals surface area contributed by atoms with Gasteiger partial charge in [0.1, 0.15) is 17.5 Å². The van der Waals surface area contributed by atoms with Gasteiger partial charge in [-0.05, 0) is 30.9 Å². The molecule has 148 valence electrons. The second-order valence-electron chi connectivity index (χ2n) is 7.56. The lowest BCUT2D eigenvalue weighted by Crippen LogP contribution is -2.39. The summed E-state index contributed by atoms with van der Waals surface area (Å²) in [5.41, 5.74) is -0.278. The Labute approximate surface area is 159 Å². The number of nitrogens with one attached hydrogen (secondary N) is 1. The number of hydrogen-bond donors (Lipinski definition) is 2. The highest BCUT2D eigenvalue weighted by Gasteiger charge is 2.55. The fourth-order valence-electron chi connectivity index (χ4n) is 4.41. The molecule has 2 aromatic rings. The quantitative estimate of drug-likeness (QED) is 0.843. The van der Waals surface area contributed by atoms with Crippen molar-refractivity contribution in [3.63, 3.8) is 0 Å². The van der Waals surface area contributed by atoms with E-state index in [-0.39, 0.29) is 18.0 Å². The maximum atomic E-state index is 13.5. The van der Waals surface area contributed by atoms with Crippen LogP contribution in [0.25, 0.3) is 11.3 Å². The highest BCUT2D eigenvalue weighted by Crippen LogP contribution is 2.48. The Bertz CT molecular complexity index is 940. The molecular weight excluding hydrogens is 370 g/mol. The highest BCUT2D eigenvalue weighted by atomic mass is 19.1. The number of carbonyl (C=O) groups is 2. The number of halogens is 2. The monoisotopic (exact) mass is 390 g/mol. The number of rotatable bonds is 3. The number of aliphatic carboxylic acids is 1. The zero-order valence-electron chi connectivity index (χ0n) is 15.3. The minimum Gasteiger partial charge on any atom is -0.481 e. The van der Waals surface area contributed by atoms with Gasteiger partial charge in [0.2, 0.25) is 0 Å². The van der Waals surface area contributed by atoms with Crippen molar-refractivity contribution < 1.29 is 23.5 Å². The average molecular weight is 390 g/mol. The first-order chi connectivity index (χ1) is 13.3. The average Bonchev–Trinajstić information content (AvgIpc) is 3.27. The second kappa shape index (κ2) is 6.57. The van der Waals surface area contributed by atoms with Gasteiger partial charge in [-0.15, -0.1) is 0 Å². The van der Waals surface area contributed by atoms with E-state index in [0.29, 0.717) is 24.5 Å². The van der Waals surface area contributed by atoms with Crippen LogP contribution in [-0.4, -0.2) is 44.9 Å². The SMILES string of the molecule is Cn1nc(-c2cc(F)cc(F)c2)cc1NC(=O)N1C[C@@H]2CCC[C@@]2(C(=O)O)C1. The molecule has 1 aliphatic heterocycles. The van der Waals surface area contributed by atoms with E-state index in [1.54, 1.807) is 7.05 Å². The zero-order chi connectivity index (χ0) is 20.1. The molecule has 28 heavy (non-hydrogen) atoms. The van der Waals surface area contributed by atoms with E-state index in [9.17, 15) is 23.5 Å². The van der Waals surface area contributed by atoms with Crippen molar-refractivity contribution in [3.8, 4) is 11.3 Å². The van der Waals surface area contributed by atoms with Crippen LogP contribution in [0.2, 0.25) is 0 Å². The molecule has 0 spiro atoms. The third-order valence-electron chi connectivity index (χ3n) is 5.86. The van der Waals surface area contributed by atoms with E-state index in [1.807, 2.05) is 0 Å². The van der Waals surface area contributed by atoms with Gasteiger partial charge >= 0.3 is 12.0 Å². The Balaban J connectivity index is 1.52. The zero-order valence-corrected chi connectivity index (χ0v) is 15.3. The number of fused-ring (bicyclic) bond motifs is 1. The van der Waals surface area contributed by atoms with Crippen molar-refractivity contribution in [2.45, 2.75) is 19.3 Å². The molecule has 7 nitrogen and oxygen atoms in total. The fourth-order valence-corrected chi connectivity index (χ4v) is 4.41. The molecule has 0 radical (unpaired) electrons. The van der Waals surface area contributed by atoms with Crippen molar-refractivity contribution in [3.05, 3.63) is 35.9 Å². The lowest BCUT2D eigenvalue weighted by Gasteiger charge is -2.23. The number of urea groups is 1. The molecule has 1 saturated heterocycles. The van der Waals surface area contributed by atoms with Crippen molar-refractivity contribution >= 4 is 17.8 Å². The Morgan fingerprint density at radius 2 is 1.96 bits per heavy atom. The van der Waals surface area contributed by atoms with E-state index in [2.05, 4.69) is 10.4 Å². The first-order valence-electron chi connectivity index (χ1n) is 9.08. The van der Waals surface area contributed by atoms with Crippen LogP contribution in [0.3, 0.4) is 0 Å². The van der Waals surface area contributed by atoms with Crippen LogP contribution in [0.15, 0.2) is 24.3 Å². The summed E-state index contributed by atoms with van der Waals surface area (Å²) in [4.78, 5) is 26.0. The molecular formula is C19H20F2N4O3. The summed E-state index contributed by atoms with van der Waals surface area (Å²) >= 11 is 0. The van der Waals surface area contributed by atoms with E-state index >= 15 is 0 Å². The van der Waals surface area contributed by atoms with Crippen molar-refractivity contribution in [2.24, 2.45) is 18.4 Å². The molecule has 1 aromatic heterocycles. The summed E-state index contributed by atoms with van der Waals surface area (Å²) in [5, 5.41) is 16.6. The number of carboxylic acid groups (broad SMARTS) is 1. The van der Waals surface area contributed by atoms with Gasteiger partial charge in [0.25, 0.3) is 0 Å². The Hall–Kier alpha value is -2.97. The number of nitrogens with zero attached hydrogens (tertiary/aromatic N) is 3. The van der Waals surface area contributed by atoms with Gasteiger partial charge < -0.3 is 10.0 Å². The van der Waals surface area contributed by atoms with Gasteiger partial charge in [-0.25, -0.2) is 13.6 Å². The van der Waals surface area contributed by atoms with Crippen molar-refractivity contribution in [2.75, 3.05) is 18.4 Å². The summed E-state index contributed by atoms with van der Waals surface area (Å²) in [5.74, 6) is -1.96. The number of benzene rings is 1. The summed E-state index contributed by atoms with van der Waals surface area (Å²) in [6, 6.07) is 4.22. The Kier molecular flexibility index (Phi) is 4.32. The minimum atomic E-state index is -0.853. The molecule has 1 aliphatic carbocycles. The molecule has 4 rings (SSSR count). The molecule has 1 aromatic carbocycles. The summed E-state index contributed by atoms with van der Waals surface area (Å²) in [6.45, 7) is 0.580. The number of carbonyl (C=O) groups excluding carboxylic acids is 1. The Morgan fingerprint density at radius 3 is 2.61 bits per heavy atom. The maximum Gasteiger partial charge on any atom is 0.323 e. The number of aryl methyl sites for hydroxylation is 1. The van der Waals surface area contributed by atoms with Crippen molar-refractivity contribution in [1.82, 2.24) is 14.7 Å². The standard InChI is InChI=1S/C19H20F2N4O3/c1-24-16(8-15(23-24)11-5-13(20)7-14(21)6-11)22-18(28)25-9-12-3-2-4-19(12,10-25)17(26)27/h5-8,12H,2-4,9-10H2,1H3,(H,22,28)(H,26,27)/t12-,19+/m0/s1. The van der Waals surface area contributed by atoms with Crippen LogP contribution in [0, 0.1) is 23.0 Å². The summed E-state index contributed by atoms with van der Waals surface area (Å²) in [7, 11) is 1.60. The molecule has 2 amide bonds. The van der Waals surface area contributed by atoms with Gasteiger partial charge in [0, 0.05) is 37.8 Å². The molecule has 2 aliphatic rings. The molecule has 0 bridgehead atoms. The first-order valence-corrected chi connectivity index (χ1v) is 9.08. The van der Waals surface area contributed by atoms with Crippen LogP contribution >= 0.6 is 0 Å². The maximum absolute atomic E-state index is 13.5. The van der Waals surface area contributed by atoms with E-state index < -0.39 is 29.0 Å². The summed E-state index contributed by atoms with van der Waals surface area (Å²) in [6.07, 6.45) is 2.25. The number of amides is 2. The second-order valence-corrected chi connectivity index (χ2v) is 7.56. The topological polar surface area (TPSA) is 87.5 Å². The van der Waals surface area contributed by atoms with Crippen molar-refractivity contribution in [1.29, 1.82) is 0 Å². The molecule has 2 atom stereocenters. The van der Waals surface area contributed by atoms with Crippen LogP contribution in [0.4, 0.5) is 19.4 Å². The smallest absolute Gasteiger partial charge is 0.323 e. The minimum absolute atomic E-state index is 0.0342. The molecule has 9 heteroatoms. The predicted octanol–water partition coefficient (Wildman–Crippen LogP) is 3.08. The molecule has 1 saturated carbocycles. The summed E-state index contributed by atoms with van der Waals surface area (Å²) < 4.78 is 28.3. The predicted molar refractivity (Wildman–Crippen MR) is 96.6 cm³/mol. The first kappa shape index (κ1) is 18.4. The fraction of sp³-hybridized carbons (Fsp3) is 0.421.